The van der Waals surface area contributed by atoms with Crippen LogP contribution >= 0.6 is 11.8 Å². The zero-order valence-electron chi connectivity index (χ0n) is 13.2. The highest BCUT2D eigenvalue weighted by Crippen LogP contribution is 2.22. The molecule has 1 N–H and O–H groups in total. The Balaban J connectivity index is 2.05. The van der Waals surface area contributed by atoms with Crippen molar-refractivity contribution in [1.29, 1.82) is 0 Å². The van der Waals surface area contributed by atoms with E-state index in [-0.39, 0.29) is 0 Å². The SMILES string of the molecule is CNCCc1c(C)nc(CSc2ccc(C)cc2)nc1C. The summed E-state index contributed by atoms with van der Waals surface area (Å²) in [6, 6.07) is 8.59. The normalized spacial score (nSPS) is 10.9. The molecular weight excluding hydrogens is 278 g/mol. The minimum atomic E-state index is 0.817. The molecule has 112 valence electrons. The maximum Gasteiger partial charge on any atom is 0.139 e. The van der Waals surface area contributed by atoms with Crippen molar-refractivity contribution in [3.63, 3.8) is 0 Å². The zero-order valence-corrected chi connectivity index (χ0v) is 14.0. The van der Waals surface area contributed by atoms with Crippen molar-refractivity contribution >= 4 is 11.8 Å². The van der Waals surface area contributed by atoms with Gasteiger partial charge in [-0.1, -0.05) is 17.7 Å². The fourth-order valence-electron chi connectivity index (χ4n) is 2.27. The van der Waals surface area contributed by atoms with Crippen molar-refractivity contribution in [1.82, 2.24) is 15.3 Å². The quantitative estimate of drug-likeness (QED) is 0.829. The van der Waals surface area contributed by atoms with Gasteiger partial charge < -0.3 is 5.32 Å². The summed E-state index contributed by atoms with van der Waals surface area (Å²) in [6.07, 6.45) is 0.986. The molecule has 21 heavy (non-hydrogen) atoms. The molecule has 3 nitrogen and oxygen atoms in total. The maximum atomic E-state index is 4.66. The molecule has 0 amide bonds. The number of nitrogens with one attached hydrogen (secondary N) is 1. The van der Waals surface area contributed by atoms with Crippen LogP contribution in [-0.4, -0.2) is 23.6 Å². The molecule has 2 rings (SSSR count). The predicted molar refractivity (Wildman–Crippen MR) is 89.9 cm³/mol. The van der Waals surface area contributed by atoms with E-state index in [1.807, 2.05) is 7.05 Å². The lowest BCUT2D eigenvalue weighted by molar-refractivity contribution is 0.769. The molecule has 0 atom stereocenters. The fourth-order valence-corrected chi connectivity index (χ4v) is 3.02. The summed E-state index contributed by atoms with van der Waals surface area (Å²) in [6.45, 7) is 7.23. The number of aryl methyl sites for hydroxylation is 3. The monoisotopic (exact) mass is 301 g/mol. The zero-order chi connectivity index (χ0) is 15.2. The summed E-state index contributed by atoms with van der Waals surface area (Å²) in [4.78, 5) is 10.6. The van der Waals surface area contributed by atoms with Crippen LogP contribution in [0.2, 0.25) is 0 Å². The Labute approximate surface area is 131 Å². The Hall–Kier alpha value is -1.39. The van der Waals surface area contributed by atoms with E-state index in [9.17, 15) is 0 Å². The topological polar surface area (TPSA) is 37.8 Å². The van der Waals surface area contributed by atoms with E-state index in [1.54, 1.807) is 11.8 Å². The van der Waals surface area contributed by atoms with Crippen LogP contribution in [0.4, 0.5) is 0 Å². The molecule has 0 radical (unpaired) electrons. The average molecular weight is 301 g/mol. The second-order valence-electron chi connectivity index (χ2n) is 5.24. The molecular formula is C17H23N3S. The van der Waals surface area contributed by atoms with Crippen LogP contribution in [0, 0.1) is 20.8 Å². The molecule has 0 saturated heterocycles. The summed E-state index contributed by atoms with van der Waals surface area (Å²) >= 11 is 1.79. The number of rotatable bonds is 6. The van der Waals surface area contributed by atoms with Gasteiger partial charge in [-0.15, -0.1) is 11.8 Å². The van der Waals surface area contributed by atoms with Crippen molar-refractivity contribution in [3.8, 4) is 0 Å². The standard InChI is InChI=1S/C17H23N3S/c1-12-5-7-15(8-6-12)21-11-17-19-13(2)16(9-10-18-4)14(3)20-17/h5-8,18H,9-11H2,1-4H3. The summed E-state index contributed by atoms with van der Waals surface area (Å²) in [5.74, 6) is 1.74. The second-order valence-corrected chi connectivity index (χ2v) is 6.29. The molecule has 0 spiro atoms. The van der Waals surface area contributed by atoms with Crippen LogP contribution in [0.3, 0.4) is 0 Å². The van der Waals surface area contributed by atoms with Gasteiger partial charge in [-0.3, -0.25) is 0 Å². The van der Waals surface area contributed by atoms with Gasteiger partial charge in [0.1, 0.15) is 5.82 Å². The Kier molecular flexibility index (Phi) is 5.76. The molecule has 0 unspecified atom stereocenters. The van der Waals surface area contributed by atoms with Crippen molar-refractivity contribution in [2.45, 2.75) is 37.8 Å². The lowest BCUT2D eigenvalue weighted by Gasteiger charge is -2.10. The van der Waals surface area contributed by atoms with Crippen molar-refractivity contribution in [2.24, 2.45) is 0 Å². The third-order valence-electron chi connectivity index (χ3n) is 3.48. The van der Waals surface area contributed by atoms with Crippen molar-refractivity contribution < 1.29 is 0 Å². The van der Waals surface area contributed by atoms with Gasteiger partial charge in [0.25, 0.3) is 0 Å². The van der Waals surface area contributed by atoms with Gasteiger partial charge in [-0.05, 0) is 58.5 Å². The van der Waals surface area contributed by atoms with Crippen LogP contribution in [0.1, 0.15) is 28.3 Å². The number of benzene rings is 1. The summed E-state index contributed by atoms with van der Waals surface area (Å²) in [7, 11) is 1.97. The van der Waals surface area contributed by atoms with Gasteiger partial charge in [0.05, 0.1) is 5.75 Å². The second kappa shape index (κ2) is 7.57. The Morgan fingerprint density at radius 1 is 1.00 bits per heavy atom. The third kappa shape index (κ3) is 4.55. The van der Waals surface area contributed by atoms with Gasteiger partial charge in [-0.25, -0.2) is 9.97 Å². The molecule has 0 aliphatic rings. The van der Waals surface area contributed by atoms with Gasteiger partial charge in [0.15, 0.2) is 0 Å². The highest BCUT2D eigenvalue weighted by Gasteiger charge is 2.08. The number of likely N-dealkylation sites (N-methyl/N-ethyl adjacent to an activating group) is 1. The Morgan fingerprint density at radius 2 is 1.62 bits per heavy atom. The van der Waals surface area contributed by atoms with Crippen LogP contribution in [0.15, 0.2) is 29.2 Å². The summed E-state index contributed by atoms with van der Waals surface area (Å²) in [5, 5.41) is 3.18. The number of thioether (sulfide) groups is 1. The van der Waals surface area contributed by atoms with E-state index in [1.165, 1.54) is 16.0 Å². The minimum absolute atomic E-state index is 0.817. The predicted octanol–water partition coefficient (Wildman–Crippen LogP) is 3.46. The minimum Gasteiger partial charge on any atom is -0.319 e. The molecule has 1 aromatic carbocycles. The van der Waals surface area contributed by atoms with Crippen LogP contribution < -0.4 is 5.32 Å². The summed E-state index contributed by atoms with van der Waals surface area (Å²) in [5.41, 5.74) is 4.78. The number of hydrogen-bond acceptors (Lipinski definition) is 4. The van der Waals surface area contributed by atoms with E-state index in [0.717, 1.165) is 35.9 Å². The van der Waals surface area contributed by atoms with Crippen molar-refractivity contribution in [2.75, 3.05) is 13.6 Å². The van der Waals surface area contributed by atoms with E-state index < -0.39 is 0 Å². The van der Waals surface area contributed by atoms with E-state index in [4.69, 9.17) is 0 Å². The molecule has 0 aliphatic carbocycles. The first kappa shape index (κ1) is 16.0. The fraction of sp³-hybridized carbons (Fsp3) is 0.412. The van der Waals surface area contributed by atoms with E-state index in [0.29, 0.717) is 0 Å². The Morgan fingerprint density at radius 3 is 2.19 bits per heavy atom. The molecule has 0 aliphatic heterocycles. The van der Waals surface area contributed by atoms with Crippen LogP contribution in [0.25, 0.3) is 0 Å². The van der Waals surface area contributed by atoms with E-state index >= 15 is 0 Å². The van der Waals surface area contributed by atoms with Gasteiger partial charge in [0.2, 0.25) is 0 Å². The van der Waals surface area contributed by atoms with Crippen LogP contribution in [0.5, 0.6) is 0 Å². The lowest BCUT2D eigenvalue weighted by atomic mass is 10.1. The average Bonchev–Trinajstić information content (AvgIpc) is 2.46. The number of nitrogens with zero attached hydrogens (tertiary/aromatic N) is 2. The first-order valence-corrected chi connectivity index (χ1v) is 8.25. The first-order chi connectivity index (χ1) is 10.1. The van der Waals surface area contributed by atoms with Gasteiger partial charge in [0, 0.05) is 16.3 Å². The maximum absolute atomic E-state index is 4.66. The summed E-state index contributed by atoms with van der Waals surface area (Å²) < 4.78 is 0. The molecule has 1 aromatic heterocycles. The molecule has 2 aromatic rings. The Bertz CT molecular complexity index is 570. The largest absolute Gasteiger partial charge is 0.319 e. The molecule has 0 saturated carbocycles. The molecule has 1 heterocycles. The van der Waals surface area contributed by atoms with Crippen LogP contribution in [-0.2, 0) is 12.2 Å². The van der Waals surface area contributed by atoms with Gasteiger partial charge >= 0.3 is 0 Å². The number of aromatic nitrogens is 2. The molecule has 0 fully saturated rings. The van der Waals surface area contributed by atoms with Gasteiger partial charge in [-0.2, -0.15) is 0 Å². The molecule has 4 heteroatoms. The third-order valence-corrected chi connectivity index (χ3v) is 4.49. The van der Waals surface area contributed by atoms with Crippen molar-refractivity contribution in [3.05, 3.63) is 52.6 Å². The highest BCUT2D eigenvalue weighted by molar-refractivity contribution is 7.98. The highest BCUT2D eigenvalue weighted by atomic mass is 32.2. The number of hydrogen-bond donors (Lipinski definition) is 1. The lowest BCUT2D eigenvalue weighted by Crippen LogP contribution is -2.14. The molecule has 0 bridgehead atoms. The smallest absolute Gasteiger partial charge is 0.139 e. The first-order valence-electron chi connectivity index (χ1n) is 7.27. The van der Waals surface area contributed by atoms with E-state index in [2.05, 4.69) is 60.3 Å².